The molecule has 0 N–H and O–H groups in total. The van der Waals surface area contributed by atoms with Gasteiger partial charge in [0, 0.05) is 0 Å². The molecule has 0 bridgehead atoms. The van der Waals surface area contributed by atoms with Gasteiger partial charge in [-0.3, -0.25) is 0 Å². The normalized spacial score (nSPS) is 11.6. The topological polar surface area (TPSA) is 58.5 Å². The molecule has 0 aliphatic rings. The third kappa shape index (κ3) is 9.51. The lowest BCUT2D eigenvalue weighted by molar-refractivity contribution is -0.00357. The summed E-state index contributed by atoms with van der Waals surface area (Å²) < 4.78 is 21.9. The average Bonchev–Trinajstić information content (AvgIpc) is 2.88. The van der Waals surface area contributed by atoms with Gasteiger partial charge in [-0.15, -0.1) is 0 Å². The Bertz CT molecular complexity index is 1010. The highest BCUT2D eigenvalue weighted by Gasteiger charge is 2.01. The second-order valence-corrected chi connectivity index (χ2v) is 7.97. The fourth-order valence-electron chi connectivity index (χ4n) is 3.38. The van der Waals surface area contributed by atoms with Gasteiger partial charge in [0.1, 0.15) is 12.4 Å². The van der Waals surface area contributed by atoms with Crippen LogP contribution >= 0.6 is 0 Å². The molecule has 0 aliphatic carbocycles. The van der Waals surface area contributed by atoms with Crippen LogP contribution in [0.2, 0.25) is 0 Å². The molecular weight excluding hydrogens is 430 g/mol. The summed E-state index contributed by atoms with van der Waals surface area (Å²) in [4.78, 5) is 5.37. The first kappa shape index (κ1) is 25.7. The zero-order chi connectivity index (χ0) is 23.8. The average molecular weight is 466 g/mol. The van der Waals surface area contributed by atoms with E-state index in [4.69, 9.17) is 23.8 Å². The van der Waals surface area contributed by atoms with Crippen molar-refractivity contribution in [3.8, 4) is 5.75 Å². The zero-order valence-corrected chi connectivity index (χ0v) is 20.2. The summed E-state index contributed by atoms with van der Waals surface area (Å²) in [6, 6.07) is 22.7. The van der Waals surface area contributed by atoms with Crippen molar-refractivity contribution in [3.05, 3.63) is 77.9 Å². The van der Waals surface area contributed by atoms with Gasteiger partial charge in [-0.25, -0.2) is 0 Å². The first-order valence-corrected chi connectivity index (χ1v) is 11.7. The van der Waals surface area contributed by atoms with Gasteiger partial charge in [0.05, 0.1) is 52.5 Å². The van der Waals surface area contributed by atoms with Crippen LogP contribution in [0.5, 0.6) is 5.75 Å². The number of methoxy groups -OCH3 is 1. The standard InChI is InChI=1S/C28H35NO5/c1-23(8-9-24-10-11-27-21-28(30-2)13-12-26(27)20-24)29-34-19-18-32-15-14-31-16-17-33-22-25-6-4-3-5-7-25/h3-7,10-13,20-21H,8-9,14-19,22H2,1-2H3/b29-23+. The summed E-state index contributed by atoms with van der Waals surface area (Å²) in [6.07, 6.45) is 1.77. The van der Waals surface area contributed by atoms with Crippen molar-refractivity contribution < 1.29 is 23.8 Å². The van der Waals surface area contributed by atoms with Gasteiger partial charge < -0.3 is 23.8 Å². The van der Waals surface area contributed by atoms with Crippen LogP contribution in [-0.2, 0) is 32.1 Å². The molecule has 34 heavy (non-hydrogen) atoms. The predicted molar refractivity (Wildman–Crippen MR) is 136 cm³/mol. The fraction of sp³-hybridized carbons (Fsp3) is 0.393. The van der Waals surface area contributed by atoms with E-state index in [0.29, 0.717) is 46.2 Å². The highest BCUT2D eigenvalue weighted by molar-refractivity contribution is 5.85. The Morgan fingerprint density at radius 2 is 1.38 bits per heavy atom. The van der Waals surface area contributed by atoms with Crippen molar-refractivity contribution in [3.63, 3.8) is 0 Å². The van der Waals surface area contributed by atoms with Crippen molar-refractivity contribution in [2.24, 2.45) is 5.16 Å². The number of ether oxygens (including phenoxy) is 4. The van der Waals surface area contributed by atoms with Gasteiger partial charge in [0.2, 0.25) is 0 Å². The Morgan fingerprint density at radius 3 is 2.15 bits per heavy atom. The number of hydrogen-bond acceptors (Lipinski definition) is 6. The second kappa shape index (κ2) is 15.1. The van der Waals surface area contributed by atoms with E-state index in [2.05, 4.69) is 35.5 Å². The van der Waals surface area contributed by atoms with Gasteiger partial charge in [-0.1, -0.05) is 59.8 Å². The fourth-order valence-corrected chi connectivity index (χ4v) is 3.38. The number of fused-ring (bicyclic) bond motifs is 1. The molecule has 0 unspecified atom stereocenters. The summed E-state index contributed by atoms with van der Waals surface area (Å²) in [5, 5.41) is 6.58. The Hall–Kier alpha value is -2.93. The van der Waals surface area contributed by atoms with Crippen molar-refractivity contribution >= 4 is 16.5 Å². The van der Waals surface area contributed by atoms with Gasteiger partial charge in [-0.2, -0.15) is 0 Å². The molecule has 3 rings (SSSR count). The van der Waals surface area contributed by atoms with Crippen molar-refractivity contribution in [1.82, 2.24) is 0 Å². The van der Waals surface area contributed by atoms with E-state index in [1.807, 2.05) is 43.3 Å². The maximum Gasteiger partial charge on any atom is 0.140 e. The summed E-state index contributed by atoms with van der Waals surface area (Å²) >= 11 is 0. The Balaban J connectivity index is 1.18. The molecule has 0 amide bonds. The minimum Gasteiger partial charge on any atom is -0.497 e. The SMILES string of the molecule is COc1ccc2cc(CC/C(C)=N/OCCOCCOCCOCc3ccccc3)ccc2c1. The van der Waals surface area contributed by atoms with E-state index in [-0.39, 0.29) is 0 Å². The van der Waals surface area contributed by atoms with Gasteiger partial charge >= 0.3 is 0 Å². The largest absolute Gasteiger partial charge is 0.497 e. The first-order valence-electron chi connectivity index (χ1n) is 11.7. The van der Waals surface area contributed by atoms with Gasteiger partial charge in [0.25, 0.3) is 0 Å². The predicted octanol–water partition coefficient (Wildman–Crippen LogP) is 5.42. The molecular formula is C28H35NO5. The molecule has 0 saturated heterocycles. The van der Waals surface area contributed by atoms with E-state index in [1.165, 1.54) is 21.9 Å². The molecule has 0 spiro atoms. The van der Waals surface area contributed by atoms with E-state index in [1.54, 1.807) is 7.11 Å². The van der Waals surface area contributed by atoms with Gasteiger partial charge in [0.15, 0.2) is 0 Å². The van der Waals surface area contributed by atoms with Crippen molar-refractivity contribution in [2.45, 2.75) is 26.4 Å². The van der Waals surface area contributed by atoms with Crippen LogP contribution < -0.4 is 4.74 Å². The maximum atomic E-state index is 5.57. The summed E-state index contributed by atoms with van der Waals surface area (Å²) in [5.41, 5.74) is 3.41. The third-order valence-corrected chi connectivity index (χ3v) is 5.28. The molecule has 0 saturated carbocycles. The smallest absolute Gasteiger partial charge is 0.140 e. The molecule has 0 radical (unpaired) electrons. The van der Waals surface area contributed by atoms with E-state index in [9.17, 15) is 0 Å². The molecule has 0 fully saturated rings. The lowest BCUT2D eigenvalue weighted by Crippen LogP contribution is -2.11. The van der Waals surface area contributed by atoms with Gasteiger partial charge in [-0.05, 0) is 53.8 Å². The summed E-state index contributed by atoms with van der Waals surface area (Å²) in [7, 11) is 1.69. The highest BCUT2D eigenvalue weighted by atomic mass is 16.6. The molecule has 0 aliphatic heterocycles. The monoisotopic (exact) mass is 465 g/mol. The minimum absolute atomic E-state index is 0.426. The molecule has 6 nitrogen and oxygen atoms in total. The van der Waals surface area contributed by atoms with Crippen molar-refractivity contribution in [1.29, 1.82) is 0 Å². The zero-order valence-electron chi connectivity index (χ0n) is 20.2. The van der Waals surface area contributed by atoms with Crippen LogP contribution in [0.15, 0.2) is 71.9 Å². The summed E-state index contributed by atoms with van der Waals surface area (Å²) in [6.45, 7) is 5.69. The number of oxime groups is 1. The van der Waals surface area contributed by atoms with Crippen LogP contribution in [-0.4, -0.2) is 52.5 Å². The number of nitrogens with zero attached hydrogens (tertiary/aromatic N) is 1. The number of aryl methyl sites for hydroxylation is 1. The molecule has 6 heteroatoms. The lowest BCUT2D eigenvalue weighted by atomic mass is 10.0. The number of hydrogen-bond donors (Lipinski definition) is 0. The lowest BCUT2D eigenvalue weighted by Gasteiger charge is -2.07. The van der Waals surface area contributed by atoms with Crippen molar-refractivity contribution in [2.75, 3.05) is 46.8 Å². The molecule has 0 atom stereocenters. The summed E-state index contributed by atoms with van der Waals surface area (Å²) in [5.74, 6) is 0.876. The van der Waals surface area contributed by atoms with Crippen LogP contribution in [0, 0.1) is 0 Å². The quantitative estimate of drug-likeness (QED) is 0.161. The Morgan fingerprint density at radius 1 is 0.706 bits per heavy atom. The van der Waals surface area contributed by atoms with Crippen LogP contribution in [0.4, 0.5) is 0 Å². The molecule has 0 aromatic heterocycles. The first-order chi connectivity index (χ1) is 16.7. The molecule has 182 valence electrons. The molecule has 3 aromatic rings. The van der Waals surface area contributed by atoms with Crippen LogP contribution in [0.25, 0.3) is 10.8 Å². The number of benzene rings is 3. The Labute approximate surface area is 202 Å². The van der Waals surface area contributed by atoms with Crippen LogP contribution in [0.3, 0.4) is 0 Å². The van der Waals surface area contributed by atoms with Crippen LogP contribution in [0.1, 0.15) is 24.5 Å². The Kier molecular flexibility index (Phi) is 11.4. The van der Waals surface area contributed by atoms with E-state index in [0.717, 1.165) is 24.3 Å². The highest BCUT2D eigenvalue weighted by Crippen LogP contribution is 2.22. The molecule has 3 aromatic carbocycles. The third-order valence-electron chi connectivity index (χ3n) is 5.28. The second-order valence-electron chi connectivity index (χ2n) is 7.97. The van der Waals surface area contributed by atoms with E-state index < -0.39 is 0 Å². The molecule has 0 heterocycles. The maximum absolute atomic E-state index is 5.57. The minimum atomic E-state index is 0.426. The van der Waals surface area contributed by atoms with E-state index >= 15 is 0 Å². The number of rotatable bonds is 16.